The van der Waals surface area contributed by atoms with Crippen LogP contribution in [0.2, 0.25) is 0 Å². The highest BCUT2D eigenvalue weighted by Crippen LogP contribution is 2.59. The zero-order chi connectivity index (χ0) is 12.3. The summed E-state index contributed by atoms with van der Waals surface area (Å²) < 4.78 is 18.2. The van der Waals surface area contributed by atoms with Crippen LogP contribution in [0.3, 0.4) is 0 Å². The molecule has 4 atom stereocenters. The van der Waals surface area contributed by atoms with Crippen molar-refractivity contribution in [2.45, 2.75) is 40.2 Å². The lowest BCUT2D eigenvalue weighted by atomic mass is 9.88. The van der Waals surface area contributed by atoms with E-state index in [2.05, 4.69) is 20.8 Å². The van der Waals surface area contributed by atoms with Crippen LogP contribution in [0.15, 0.2) is 0 Å². The first-order chi connectivity index (χ1) is 7.41. The quantitative estimate of drug-likeness (QED) is 0.761. The molecule has 4 heteroatoms. The fourth-order valence-electron chi connectivity index (χ4n) is 2.61. The van der Waals surface area contributed by atoms with E-state index < -0.39 is 7.37 Å². The predicted molar refractivity (Wildman–Crippen MR) is 67.1 cm³/mol. The van der Waals surface area contributed by atoms with Crippen molar-refractivity contribution in [2.75, 3.05) is 18.9 Å². The molecule has 1 rings (SSSR count). The molecule has 96 valence electrons. The number of hydrogen-bond acceptors (Lipinski definition) is 3. The molecule has 0 bridgehead atoms. The molecule has 3 nitrogen and oxygen atoms in total. The summed E-state index contributed by atoms with van der Waals surface area (Å²) in [6.07, 6.45) is 1.86. The smallest absolute Gasteiger partial charge is 0.204 e. The number of hydrogen-bond donors (Lipinski definition) is 1. The number of aliphatic hydroxyl groups is 1. The highest BCUT2D eigenvalue weighted by atomic mass is 31.2. The second-order valence-corrected chi connectivity index (χ2v) is 7.95. The van der Waals surface area contributed by atoms with Gasteiger partial charge in [0.2, 0.25) is 7.37 Å². The highest BCUT2D eigenvalue weighted by molar-refractivity contribution is 7.59. The Morgan fingerprint density at radius 3 is 2.44 bits per heavy atom. The first-order valence-electron chi connectivity index (χ1n) is 6.29. The van der Waals surface area contributed by atoms with Crippen LogP contribution in [-0.4, -0.2) is 30.1 Å². The fourth-order valence-corrected chi connectivity index (χ4v) is 6.27. The molecule has 0 aromatic carbocycles. The Morgan fingerprint density at radius 1 is 1.44 bits per heavy atom. The van der Waals surface area contributed by atoms with E-state index >= 15 is 0 Å². The van der Waals surface area contributed by atoms with Crippen LogP contribution in [0.25, 0.3) is 0 Å². The van der Waals surface area contributed by atoms with E-state index in [9.17, 15) is 4.57 Å². The van der Waals surface area contributed by atoms with Gasteiger partial charge in [-0.2, -0.15) is 0 Å². The standard InChI is InChI=1S/C12H25O3P/c1-5-11(6-13)15-16(14)7-10(4)12(8-16)9(2)3/h9-13H,5-8H2,1-4H3. The minimum absolute atomic E-state index is 0.0266. The van der Waals surface area contributed by atoms with Crippen LogP contribution in [0.5, 0.6) is 0 Å². The Hall–Kier alpha value is 0.150. The summed E-state index contributed by atoms with van der Waals surface area (Å²) in [5, 5.41) is 9.10. The topological polar surface area (TPSA) is 46.5 Å². The van der Waals surface area contributed by atoms with E-state index in [4.69, 9.17) is 9.63 Å². The molecule has 0 radical (unpaired) electrons. The van der Waals surface area contributed by atoms with Gasteiger partial charge in [0.15, 0.2) is 0 Å². The normalized spacial score (nSPS) is 36.9. The lowest BCUT2D eigenvalue weighted by Gasteiger charge is -2.20. The Bertz CT molecular complexity index is 255. The average molecular weight is 248 g/mol. The third-order valence-corrected chi connectivity index (χ3v) is 6.44. The summed E-state index contributed by atoms with van der Waals surface area (Å²) in [5.41, 5.74) is 0. The van der Waals surface area contributed by atoms with Crippen molar-refractivity contribution < 1.29 is 14.2 Å². The van der Waals surface area contributed by atoms with Gasteiger partial charge in [-0.15, -0.1) is 0 Å². The maximum atomic E-state index is 12.5. The third kappa shape index (κ3) is 3.32. The van der Waals surface area contributed by atoms with Crippen LogP contribution in [0.4, 0.5) is 0 Å². The van der Waals surface area contributed by atoms with Gasteiger partial charge in [-0.25, -0.2) is 0 Å². The summed E-state index contributed by atoms with van der Waals surface area (Å²) in [4.78, 5) is 0. The Labute approximate surface area is 99.0 Å². The van der Waals surface area contributed by atoms with Crippen molar-refractivity contribution in [3.63, 3.8) is 0 Å². The molecule has 4 unspecified atom stereocenters. The van der Waals surface area contributed by atoms with E-state index in [1.165, 1.54) is 0 Å². The third-order valence-electron chi connectivity index (χ3n) is 3.64. The van der Waals surface area contributed by atoms with Gasteiger partial charge in [0.05, 0.1) is 12.7 Å². The van der Waals surface area contributed by atoms with Gasteiger partial charge >= 0.3 is 0 Å². The maximum absolute atomic E-state index is 12.5. The lowest BCUT2D eigenvalue weighted by Crippen LogP contribution is -2.16. The van der Waals surface area contributed by atoms with Gasteiger partial charge in [0, 0.05) is 12.3 Å². The maximum Gasteiger partial charge on any atom is 0.204 e. The summed E-state index contributed by atoms with van der Waals surface area (Å²) in [6.45, 7) is 8.45. The van der Waals surface area contributed by atoms with E-state index in [1.54, 1.807) is 0 Å². The Morgan fingerprint density at radius 2 is 2.06 bits per heavy atom. The van der Waals surface area contributed by atoms with E-state index in [1.807, 2.05) is 6.92 Å². The predicted octanol–water partition coefficient (Wildman–Crippen LogP) is 2.97. The molecule has 1 aliphatic heterocycles. The minimum Gasteiger partial charge on any atom is -0.394 e. The minimum atomic E-state index is -2.49. The van der Waals surface area contributed by atoms with Crippen molar-refractivity contribution in [2.24, 2.45) is 17.8 Å². The molecule has 16 heavy (non-hydrogen) atoms. The van der Waals surface area contributed by atoms with Crippen LogP contribution in [0, 0.1) is 17.8 Å². The average Bonchev–Trinajstić information content (AvgIpc) is 2.51. The second-order valence-electron chi connectivity index (χ2n) is 5.38. The van der Waals surface area contributed by atoms with Crippen molar-refractivity contribution >= 4 is 7.37 Å². The first kappa shape index (κ1) is 14.2. The van der Waals surface area contributed by atoms with E-state index in [0.29, 0.717) is 30.1 Å². The summed E-state index contributed by atoms with van der Waals surface area (Å²) in [5.74, 6) is 1.53. The summed E-state index contributed by atoms with van der Waals surface area (Å²) in [6, 6.07) is 0. The number of rotatable bonds is 5. The molecule has 1 heterocycles. The van der Waals surface area contributed by atoms with Crippen molar-refractivity contribution in [3.8, 4) is 0 Å². The monoisotopic (exact) mass is 248 g/mol. The largest absolute Gasteiger partial charge is 0.394 e. The molecule has 1 saturated heterocycles. The molecule has 1 N–H and O–H groups in total. The lowest BCUT2D eigenvalue weighted by molar-refractivity contribution is 0.115. The molecular formula is C12H25O3P. The second kappa shape index (κ2) is 5.66. The van der Waals surface area contributed by atoms with Crippen LogP contribution in [0.1, 0.15) is 34.1 Å². The van der Waals surface area contributed by atoms with Crippen molar-refractivity contribution in [3.05, 3.63) is 0 Å². The van der Waals surface area contributed by atoms with Crippen molar-refractivity contribution in [1.29, 1.82) is 0 Å². The number of aliphatic hydroxyl groups excluding tert-OH is 1. The van der Waals surface area contributed by atoms with Gasteiger partial charge in [-0.05, 0) is 24.2 Å². The zero-order valence-corrected chi connectivity index (χ0v) is 11.7. The molecule has 0 aromatic heterocycles. The molecule has 0 aliphatic carbocycles. The Balaban J connectivity index is 2.64. The Kier molecular flexibility index (Phi) is 5.03. The van der Waals surface area contributed by atoms with Crippen molar-refractivity contribution in [1.82, 2.24) is 0 Å². The van der Waals surface area contributed by atoms with E-state index in [0.717, 1.165) is 6.42 Å². The molecule has 1 aliphatic rings. The van der Waals surface area contributed by atoms with Crippen LogP contribution >= 0.6 is 7.37 Å². The highest BCUT2D eigenvalue weighted by Gasteiger charge is 2.42. The van der Waals surface area contributed by atoms with Gasteiger partial charge in [0.25, 0.3) is 0 Å². The molecular weight excluding hydrogens is 223 g/mol. The molecule has 0 spiro atoms. The molecule has 1 fully saturated rings. The summed E-state index contributed by atoms with van der Waals surface area (Å²) >= 11 is 0. The fraction of sp³-hybridized carbons (Fsp3) is 1.00. The molecule has 0 amide bonds. The SMILES string of the molecule is CCC(CO)OP1(=O)CC(C)C(C(C)C)C1. The first-order valence-corrected chi connectivity index (χ1v) is 8.28. The van der Waals surface area contributed by atoms with Crippen LogP contribution in [-0.2, 0) is 9.09 Å². The zero-order valence-electron chi connectivity index (χ0n) is 10.8. The van der Waals surface area contributed by atoms with Crippen LogP contribution < -0.4 is 0 Å². The van der Waals surface area contributed by atoms with E-state index in [-0.39, 0.29) is 12.7 Å². The summed E-state index contributed by atoms with van der Waals surface area (Å²) in [7, 11) is -2.49. The molecule has 0 saturated carbocycles. The van der Waals surface area contributed by atoms with Gasteiger partial charge in [-0.1, -0.05) is 27.7 Å². The van der Waals surface area contributed by atoms with Gasteiger partial charge in [0.1, 0.15) is 0 Å². The van der Waals surface area contributed by atoms with Gasteiger partial charge in [-0.3, -0.25) is 4.57 Å². The molecule has 0 aromatic rings. The van der Waals surface area contributed by atoms with Gasteiger partial charge < -0.3 is 9.63 Å².